The summed E-state index contributed by atoms with van der Waals surface area (Å²) in [6.45, 7) is 3.74. The number of rotatable bonds is 3. The molecule has 0 saturated heterocycles. The molecule has 1 amide bonds. The van der Waals surface area contributed by atoms with E-state index in [4.69, 9.17) is 5.11 Å². The molecular weight excluding hydrogens is 184 g/mol. The molecule has 0 aliphatic rings. The van der Waals surface area contributed by atoms with E-state index in [-0.39, 0.29) is 11.4 Å². The summed E-state index contributed by atoms with van der Waals surface area (Å²) in [5.41, 5.74) is -0.401. The van der Waals surface area contributed by atoms with Crippen LogP contribution in [0.3, 0.4) is 0 Å². The lowest BCUT2D eigenvalue weighted by molar-refractivity contribution is 0.0957. The molecule has 5 nitrogen and oxygen atoms in total. The number of carbonyl (C=O) groups excluding carboxylic acids is 1. The van der Waals surface area contributed by atoms with Crippen molar-refractivity contribution in [1.29, 1.82) is 0 Å². The first kappa shape index (κ1) is 10.0. The van der Waals surface area contributed by atoms with E-state index < -0.39 is 11.5 Å². The number of aromatic amines is 1. The number of aromatic hydroxyl groups is 1. The van der Waals surface area contributed by atoms with Crippen molar-refractivity contribution in [2.45, 2.75) is 0 Å². The highest BCUT2D eigenvalue weighted by Gasteiger charge is 2.06. The Balaban J connectivity index is 2.89. The molecule has 1 rings (SSSR count). The molecule has 14 heavy (non-hydrogen) atoms. The van der Waals surface area contributed by atoms with Gasteiger partial charge in [-0.15, -0.1) is 6.58 Å². The van der Waals surface area contributed by atoms with Crippen LogP contribution in [0.1, 0.15) is 10.4 Å². The van der Waals surface area contributed by atoms with Gasteiger partial charge in [-0.2, -0.15) is 0 Å². The van der Waals surface area contributed by atoms with Crippen LogP contribution in [-0.2, 0) is 0 Å². The zero-order valence-corrected chi connectivity index (χ0v) is 7.41. The van der Waals surface area contributed by atoms with Gasteiger partial charge in [-0.1, -0.05) is 6.08 Å². The molecule has 0 bridgehead atoms. The lowest BCUT2D eigenvalue weighted by Crippen LogP contribution is -2.24. The summed E-state index contributed by atoms with van der Waals surface area (Å²) in [5, 5.41) is 11.5. The minimum absolute atomic E-state index is 0.119. The SMILES string of the molecule is C=CCNC(=O)c1cc(O)[nH]c(=O)c1. The van der Waals surface area contributed by atoms with Gasteiger partial charge in [0.15, 0.2) is 5.88 Å². The Morgan fingerprint density at radius 2 is 2.36 bits per heavy atom. The Hall–Kier alpha value is -2.04. The van der Waals surface area contributed by atoms with Gasteiger partial charge in [-0.25, -0.2) is 0 Å². The van der Waals surface area contributed by atoms with Crippen molar-refractivity contribution in [3.8, 4) is 5.88 Å². The summed E-state index contributed by atoms with van der Waals surface area (Å²) in [5.74, 6) is -0.757. The first-order chi connectivity index (χ1) is 6.63. The van der Waals surface area contributed by atoms with Crippen molar-refractivity contribution in [2.24, 2.45) is 0 Å². The predicted octanol–water partition coefficient (Wildman–Crippen LogP) is -0.00370. The normalized spacial score (nSPS) is 9.43. The van der Waals surface area contributed by atoms with Crippen LogP contribution in [0.15, 0.2) is 29.6 Å². The van der Waals surface area contributed by atoms with Gasteiger partial charge in [0.1, 0.15) is 0 Å². The molecule has 3 N–H and O–H groups in total. The molecule has 0 unspecified atom stereocenters. The summed E-state index contributed by atoms with van der Waals surface area (Å²) >= 11 is 0. The number of amides is 1. The molecule has 1 aromatic heterocycles. The minimum Gasteiger partial charge on any atom is -0.494 e. The third-order valence-electron chi connectivity index (χ3n) is 1.50. The Morgan fingerprint density at radius 1 is 1.64 bits per heavy atom. The van der Waals surface area contributed by atoms with E-state index in [0.29, 0.717) is 6.54 Å². The topological polar surface area (TPSA) is 82.2 Å². The number of pyridine rings is 1. The van der Waals surface area contributed by atoms with E-state index in [1.807, 2.05) is 0 Å². The minimum atomic E-state index is -0.520. The number of nitrogens with one attached hydrogen (secondary N) is 2. The summed E-state index contributed by atoms with van der Waals surface area (Å²) in [6.07, 6.45) is 1.52. The molecule has 0 radical (unpaired) electrons. The fourth-order valence-electron chi connectivity index (χ4n) is 0.927. The average molecular weight is 194 g/mol. The van der Waals surface area contributed by atoms with Crippen LogP contribution in [0.5, 0.6) is 5.88 Å². The average Bonchev–Trinajstić information content (AvgIpc) is 2.12. The highest BCUT2D eigenvalue weighted by Crippen LogP contribution is 2.03. The van der Waals surface area contributed by atoms with Crippen LogP contribution < -0.4 is 10.9 Å². The molecule has 0 aromatic carbocycles. The number of aromatic nitrogens is 1. The third-order valence-corrected chi connectivity index (χ3v) is 1.50. The van der Waals surface area contributed by atoms with Crippen molar-refractivity contribution in [3.05, 3.63) is 40.7 Å². The second kappa shape index (κ2) is 4.27. The lowest BCUT2D eigenvalue weighted by atomic mass is 10.2. The molecule has 0 fully saturated rings. The predicted molar refractivity (Wildman–Crippen MR) is 51.3 cm³/mol. The van der Waals surface area contributed by atoms with E-state index in [1.54, 1.807) is 0 Å². The summed E-state index contributed by atoms with van der Waals surface area (Å²) in [7, 11) is 0. The second-order valence-corrected chi connectivity index (χ2v) is 2.62. The summed E-state index contributed by atoms with van der Waals surface area (Å²) in [6, 6.07) is 2.29. The van der Waals surface area contributed by atoms with E-state index in [1.165, 1.54) is 12.1 Å². The Labute approximate surface area is 80.1 Å². The molecule has 74 valence electrons. The van der Waals surface area contributed by atoms with Crippen LogP contribution in [-0.4, -0.2) is 22.5 Å². The van der Waals surface area contributed by atoms with Crippen LogP contribution in [0.4, 0.5) is 0 Å². The van der Waals surface area contributed by atoms with Gasteiger partial charge in [0.25, 0.3) is 11.5 Å². The van der Waals surface area contributed by atoms with Crippen molar-refractivity contribution < 1.29 is 9.90 Å². The quantitative estimate of drug-likeness (QED) is 0.592. The molecule has 0 spiro atoms. The van der Waals surface area contributed by atoms with Crippen LogP contribution in [0, 0.1) is 0 Å². The first-order valence-corrected chi connectivity index (χ1v) is 3.96. The maximum atomic E-state index is 11.3. The van der Waals surface area contributed by atoms with Gasteiger partial charge in [-0.3, -0.25) is 14.6 Å². The zero-order valence-electron chi connectivity index (χ0n) is 7.41. The summed E-state index contributed by atoms with van der Waals surface area (Å²) < 4.78 is 0. The lowest BCUT2D eigenvalue weighted by Gasteiger charge is -2.01. The second-order valence-electron chi connectivity index (χ2n) is 2.62. The van der Waals surface area contributed by atoms with Gasteiger partial charge in [-0.05, 0) is 0 Å². The number of carbonyl (C=O) groups is 1. The third kappa shape index (κ3) is 2.48. The van der Waals surface area contributed by atoms with Crippen LogP contribution >= 0.6 is 0 Å². The number of hydrogen-bond donors (Lipinski definition) is 3. The smallest absolute Gasteiger partial charge is 0.251 e. The number of H-pyrrole nitrogens is 1. The van der Waals surface area contributed by atoms with Gasteiger partial charge >= 0.3 is 0 Å². The van der Waals surface area contributed by atoms with Crippen molar-refractivity contribution in [2.75, 3.05) is 6.54 Å². The Bertz CT molecular complexity index is 409. The maximum Gasteiger partial charge on any atom is 0.251 e. The van der Waals surface area contributed by atoms with E-state index in [2.05, 4.69) is 16.9 Å². The highest BCUT2D eigenvalue weighted by molar-refractivity contribution is 5.94. The van der Waals surface area contributed by atoms with Gasteiger partial charge in [0.2, 0.25) is 0 Å². The fourth-order valence-corrected chi connectivity index (χ4v) is 0.927. The molecule has 1 aromatic rings. The molecule has 1 heterocycles. The van der Waals surface area contributed by atoms with Crippen LogP contribution in [0.25, 0.3) is 0 Å². The Kier molecular flexibility index (Phi) is 3.06. The molecule has 0 atom stereocenters. The number of hydrogen-bond acceptors (Lipinski definition) is 3. The van der Waals surface area contributed by atoms with Gasteiger partial charge in [0.05, 0.1) is 5.56 Å². The van der Waals surface area contributed by atoms with Crippen molar-refractivity contribution in [3.63, 3.8) is 0 Å². The molecule has 0 saturated carbocycles. The molecular formula is C9H10N2O3. The highest BCUT2D eigenvalue weighted by atomic mass is 16.3. The molecule has 0 aliphatic heterocycles. The van der Waals surface area contributed by atoms with Crippen molar-refractivity contribution in [1.82, 2.24) is 10.3 Å². The molecule has 5 heteroatoms. The van der Waals surface area contributed by atoms with E-state index >= 15 is 0 Å². The fraction of sp³-hybridized carbons (Fsp3) is 0.111. The summed E-state index contributed by atoms with van der Waals surface area (Å²) in [4.78, 5) is 24.3. The zero-order chi connectivity index (χ0) is 10.6. The Morgan fingerprint density at radius 3 is 2.93 bits per heavy atom. The maximum absolute atomic E-state index is 11.3. The first-order valence-electron chi connectivity index (χ1n) is 3.96. The standard InChI is InChI=1S/C9H10N2O3/c1-2-3-10-9(14)6-4-7(12)11-8(13)5-6/h2,4-5H,1,3H2,(H,10,14)(H2,11,12,13). The molecule has 0 aliphatic carbocycles. The van der Waals surface area contributed by atoms with E-state index in [9.17, 15) is 9.59 Å². The van der Waals surface area contributed by atoms with Gasteiger partial charge < -0.3 is 10.4 Å². The van der Waals surface area contributed by atoms with Crippen molar-refractivity contribution >= 4 is 5.91 Å². The monoisotopic (exact) mass is 194 g/mol. The van der Waals surface area contributed by atoms with Crippen LogP contribution in [0.2, 0.25) is 0 Å². The van der Waals surface area contributed by atoms with Gasteiger partial charge in [0, 0.05) is 18.7 Å². The largest absolute Gasteiger partial charge is 0.494 e. The van der Waals surface area contributed by atoms with E-state index in [0.717, 1.165) is 6.07 Å².